The lowest BCUT2D eigenvalue weighted by atomic mass is 10.3. The van der Waals surface area contributed by atoms with Gasteiger partial charge in [0.1, 0.15) is 5.82 Å². The lowest BCUT2D eigenvalue weighted by molar-refractivity contribution is 0.329. The molecule has 6 nitrogen and oxygen atoms in total. The first-order valence-corrected chi connectivity index (χ1v) is 6.09. The second kappa shape index (κ2) is 5.99. The van der Waals surface area contributed by atoms with Crippen LogP contribution in [0.4, 0.5) is 11.5 Å². The fourth-order valence-electron chi connectivity index (χ4n) is 1.49. The molecule has 2 aromatic rings. The number of nitrogen functional groups attached to an aromatic ring is 1. The molecule has 0 atom stereocenters. The van der Waals surface area contributed by atoms with Crippen LogP contribution in [0.25, 0.3) is 0 Å². The second-order valence-electron chi connectivity index (χ2n) is 4.03. The number of pyridine rings is 1. The lowest BCUT2D eigenvalue weighted by Crippen LogP contribution is -2.06. The summed E-state index contributed by atoms with van der Waals surface area (Å²) in [6.45, 7) is 4.88. The maximum absolute atomic E-state index is 5.76. The zero-order chi connectivity index (χ0) is 13.7. The number of aryl methyl sites for hydroxylation is 1. The summed E-state index contributed by atoms with van der Waals surface area (Å²) in [5, 5.41) is 3.16. The van der Waals surface area contributed by atoms with Crippen LogP contribution >= 0.6 is 0 Å². The second-order valence-corrected chi connectivity index (χ2v) is 4.03. The summed E-state index contributed by atoms with van der Waals surface area (Å²) in [6, 6.07) is 3.57. The summed E-state index contributed by atoms with van der Waals surface area (Å²) >= 11 is 0. The van der Waals surface area contributed by atoms with Crippen molar-refractivity contribution in [2.45, 2.75) is 20.4 Å². The van der Waals surface area contributed by atoms with E-state index in [9.17, 15) is 0 Å². The third-order valence-corrected chi connectivity index (χ3v) is 2.46. The molecule has 0 spiro atoms. The van der Waals surface area contributed by atoms with E-state index in [1.807, 2.05) is 13.8 Å². The average Bonchev–Trinajstić information content (AvgIpc) is 2.42. The Balaban J connectivity index is 2.03. The molecular weight excluding hydrogens is 242 g/mol. The summed E-state index contributed by atoms with van der Waals surface area (Å²) in [7, 11) is 0. The van der Waals surface area contributed by atoms with E-state index in [1.54, 1.807) is 24.5 Å². The van der Waals surface area contributed by atoms with Gasteiger partial charge in [-0.05, 0) is 26.0 Å². The molecule has 19 heavy (non-hydrogen) atoms. The Labute approximate surface area is 112 Å². The first-order chi connectivity index (χ1) is 9.19. The Bertz CT molecular complexity index is 541. The minimum absolute atomic E-state index is 0.447. The van der Waals surface area contributed by atoms with Crippen molar-refractivity contribution in [2.75, 3.05) is 17.7 Å². The Kier molecular flexibility index (Phi) is 4.12. The number of aromatic nitrogens is 3. The Morgan fingerprint density at radius 2 is 2.11 bits per heavy atom. The van der Waals surface area contributed by atoms with E-state index in [2.05, 4.69) is 20.3 Å². The molecule has 2 heterocycles. The van der Waals surface area contributed by atoms with Gasteiger partial charge >= 0.3 is 0 Å². The van der Waals surface area contributed by atoms with Crippen molar-refractivity contribution >= 4 is 11.5 Å². The maximum atomic E-state index is 5.76. The minimum Gasteiger partial charge on any atom is -0.476 e. The van der Waals surface area contributed by atoms with Crippen molar-refractivity contribution in [3.63, 3.8) is 0 Å². The molecule has 0 fully saturated rings. The lowest BCUT2D eigenvalue weighted by Gasteiger charge is -2.09. The topological polar surface area (TPSA) is 86.0 Å². The number of ether oxygens (including phenoxy) is 1. The van der Waals surface area contributed by atoms with E-state index in [-0.39, 0.29) is 0 Å². The first-order valence-electron chi connectivity index (χ1n) is 6.09. The van der Waals surface area contributed by atoms with Crippen molar-refractivity contribution in [1.29, 1.82) is 0 Å². The number of nitrogens with two attached hydrogens (primary N) is 1. The van der Waals surface area contributed by atoms with Gasteiger partial charge in [-0.1, -0.05) is 0 Å². The molecule has 0 unspecified atom stereocenters. The van der Waals surface area contributed by atoms with Gasteiger partial charge in [0.2, 0.25) is 5.88 Å². The molecule has 0 aliphatic rings. The van der Waals surface area contributed by atoms with Crippen molar-refractivity contribution < 1.29 is 4.74 Å². The molecule has 0 amide bonds. The molecule has 2 rings (SSSR count). The summed E-state index contributed by atoms with van der Waals surface area (Å²) < 4.78 is 5.34. The number of rotatable bonds is 5. The Hall–Kier alpha value is -2.37. The minimum atomic E-state index is 0.447. The molecule has 2 aromatic heterocycles. The molecule has 0 saturated heterocycles. The predicted molar refractivity (Wildman–Crippen MR) is 73.9 cm³/mol. The third-order valence-electron chi connectivity index (χ3n) is 2.46. The van der Waals surface area contributed by atoms with Crippen LogP contribution in [0.3, 0.4) is 0 Å². The molecule has 0 radical (unpaired) electrons. The highest BCUT2D eigenvalue weighted by atomic mass is 16.5. The van der Waals surface area contributed by atoms with Gasteiger partial charge in [0.15, 0.2) is 0 Å². The summed E-state index contributed by atoms with van der Waals surface area (Å²) in [4.78, 5) is 12.7. The molecule has 0 aromatic carbocycles. The van der Waals surface area contributed by atoms with Gasteiger partial charge in [-0.15, -0.1) is 0 Å². The summed E-state index contributed by atoms with van der Waals surface area (Å²) in [6.07, 6.45) is 3.47. The van der Waals surface area contributed by atoms with E-state index in [0.717, 1.165) is 11.4 Å². The average molecular weight is 259 g/mol. The Morgan fingerprint density at radius 3 is 2.79 bits per heavy atom. The van der Waals surface area contributed by atoms with Gasteiger partial charge in [0.05, 0.1) is 36.4 Å². The van der Waals surface area contributed by atoms with Gasteiger partial charge in [-0.2, -0.15) is 4.98 Å². The number of nitrogens with one attached hydrogen (secondary N) is 1. The van der Waals surface area contributed by atoms with Crippen LogP contribution < -0.4 is 15.8 Å². The quantitative estimate of drug-likeness (QED) is 0.851. The molecule has 0 aliphatic heterocycles. The number of hydrogen-bond donors (Lipinski definition) is 2. The highest BCUT2D eigenvalue weighted by Crippen LogP contribution is 2.20. The summed E-state index contributed by atoms with van der Waals surface area (Å²) in [5.41, 5.74) is 8.04. The van der Waals surface area contributed by atoms with Crippen LogP contribution in [-0.4, -0.2) is 21.6 Å². The molecule has 0 saturated carbocycles. The van der Waals surface area contributed by atoms with Gasteiger partial charge in [-0.3, -0.25) is 9.97 Å². The van der Waals surface area contributed by atoms with Crippen LogP contribution in [0.2, 0.25) is 0 Å². The zero-order valence-electron chi connectivity index (χ0n) is 11.1. The van der Waals surface area contributed by atoms with Crippen LogP contribution in [0.15, 0.2) is 24.5 Å². The van der Waals surface area contributed by atoms with E-state index < -0.39 is 0 Å². The van der Waals surface area contributed by atoms with E-state index in [4.69, 9.17) is 10.5 Å². The van der Waals surface area contributed by atoms with Crippen LogP contribution in [0.5, 0.6) is 5.88 Å². The number of nitrogens with zero attached hydrogens (tertiary/aromatic N) is 3. The standard InChI is InChI=1S/C13H17N5O/c1-3-19-13-11(14)4-5-12(18-13)17-8-10-7-15-9(2)6-16-10/h4-7H,3,8,14H2,1-2H3,(H,17,18). The third kappa shape index (κ3) is 3.54. The first kappa shape index (κ1) is 13.1. The normalized spacial score (nSPS) is 10.2. The SMILES string of the molecule is CCOc1nc(NCc2cnc(C)cn2)ccc1N. The van der Waals surface area contributed by atoms with Crippen LogP contribution in [0, 0.1) is 6.92 Å². The zero-order valence-corrected chi connectivity index (χ0v) is 11.1. The van der Waals surface area contributed by atoms with Crippen LogP contribution in [0.1, 0.15) is 18.3 Å². The molecular formula is C13H17N5O. The molecule has 0 aliphatic carbocycles. The fraction of sp³-hybridized carbons (Fsp3) is 0.308. The Morgan fingerprint density at radius 1 is 1.26 bits per heavy atom. The molecule has 100 valence electrons. The maximum Gasteiger partial charge on any atom is 0.239 e. The van der Waals surface area contributed by atoms with Crippen LogP contribution in [-0.2, 0) is 6.54 Å². The highest BCUT2D eigenvalue weighted by Gasteiger charge is 2.04. The van der Waals surface area contributed by atoms with Gasteiger partial charge in [0, 0.05) is 6.20 Å². The molecule has 0 bridgehead atoms. The summed E-state index contributed by atoms with van der Waals surface area (Å²) in [5.74, 6) is 1.14. The van der Waals surface area contributed by atoms with E-state index in [1.165, 1.54) is 0 Å². The molecule has 6 heteroatoms. The number of hydrogen-bond acceptors (Lipinski definition) is 6. The monoisotopic (exact) mass is 259 g/mol. The largest absolute Gasteiger partial charge is 0.476 e. The fourth-order valence-corrected chi connectivity index (χ4v) is 1.49. The van der Waals surface area contributed by atoms with Gasteiger partial charge in [0.25, 0.3) is 0 Å². The predicted octanol–water partition coefficient (Wildman–Crippen LogP) is 1.77. The van der Waals surface area contributed by atoms with Crippen molar-refractivity contribution in [2.24, 2.45) is 0 Å². The van der Waals surface area contributed by atoms with E-state index in [0.29, 0.717) is 30.5 Å². The van der Waals surface area contributed by atoms with Crippen molar-refractivity contribution in [3.8, 4) is 5.88 Å². The molecule has 3 N–H and O–H groups in total. The van der Waals surface area contributed by atoms with Crippen molar-refractivity contribution in [3.05, 3.63) is 35.9 Å². The highest BCUT2D eigenvalue weighted by molar-refractivity contribution is 5.53. The van der Waals surface area contributed by atoms with Crippen molar-refractivity contribution in [1.82, 2.24) is 15.0 Å². The number of anilines is 2. The van der Waals surface area contributed by atoms with E-state index >= 15 is 0 Å². The smallest absolute Gasteiger partial charge is 0.239 e. The van der Waals surface area contributed by atoms with Gasteiger partial charge < -0.3 is 15.8 Å². The van der Waals surface area contributed by atoms with Gasteiger partial charge in [-0.25, -0.2) is 0 Å².